The fraction of sp³-hybridized carbons (Fsp3) is 0.533. The number of hydrogen-bond acceptors (Lipinski definition) is 3. The predicted octanol–water partition coefficient (Wildman–Crippen LogP) is 2.27. The molecule has 20 heavy (non-hydrogen) atoms. The van der Waals surface area contributed by atoms with E-state index in [-0.39, 0.29) is 5.91 Å². The molecule has 4 nitrogen and oxygen atoms in total. The average Bonchev–Trinajstić information content (AvgIpc) is 2.61. The lowest BCUT2D eigenvalue weighted by molar-refractivity contribution is -0.119. The van der Waals surface area contributed by atoms with E-state index in [2.05, 4.69) is 57.4 Å². The van der Waals surface area contributed by atoms with Crippen LogP contribution in [0, 0.1) is 0 Å². The number of nitrogens with zero attached hydrogens (tertiary/aromatic N) is 1. The highest BCUT2D eigenvalue weighted by atomic mass is 79.9. The van der Waals surface area contributed by atoms with Gasteiger partial charge in [-0.05, 0) is 30.2 Å². The van der Waals surface area contributed by atoms with E-state index in [0.717, 1.165) is 36.2 Å². The molecule has 0 bridgehead atoms. The highest BCUT2D eigenvalue weighted by Gasteiger charge is 2.17. The lowest BCUT2D eigenvalue weighted by Crippen LogP contribution is -2.34. The Morgan fingerprint density at radius 3 is 3.00 bits per heavy atom. The predicted molar refractivity (Wildman–Crippen MR) is 86.0 cm³/mol. The summed E-state index contributed by atoms with van der Waals surface area (Å²) in [5.74, 6) is 0.105. The van der Waals surface area contributed by atoms with Crippen molar-refractivity contribution >= 4 is 27.5 Å². The number of amides is 1. The maximum absolute atomic E-state index is 11.7. The Balaban J connectivity index is 2.22. The second-order valence-electron chi connectivity index (χ2n) is 5.43. The van der Waals surface area contributed by atoms with Crippen LogP contribution in [0.4, 0.5) is 5.69 Å². The van der Waals surface area contributed by atoms with E-state index in [4.69, 9.17) is 0 Å². The molecule has 0 aliphatic carbocycles. The van der Waals surface area contributed by atoms with Crippen LogP contribution in [0.1, 0.15) is 25.8 Å². The van der Waals surface area contributed by atoms with Crippen LogP contribution >= 0.6 is 15.9 Å². The Morgan fingerprint density at radius 2 is 2.25 bits per heavy atom. The van der Waals surface area contributed by atoms with E-state index in [1.807, 2.05) is 6.07 Å². The molecule has 1 aliphatic rings. The highest BCUT2D eigenvalue weighted by Crippen LogP contribution is 2.25. The Labute approximate surface area is 129 Å². The zero-order chi connectivity index (χ0) is 14.5. The Morgan fingerprint density at radius 1 is 1.45 bits per heavy atom. The number of carbonyl (C=O) groups excluding carboxylic acids is 1. The molecular formula is C15H22BrN3O. The quantitative estimate of drug-likeness (QED) is 0.884. The van der Waals surface area contributed by atoms with Gasteiger partial charge >= 0.3 is 0 Å². The molecule has 1 aromatic carbocycles. The number of nitrogens with one attached hydrogen (secondary N) is 2. The minimum atomic E-state index is 0.105. The molecular weight excluding hydrogens is 318 g/mol. The normalized spacial score (nSPS) is 16.2. The highest BCUT2D eigenvalue weighted by molar-refractivity contribution is 9.10. The van der Waals surface area contributed by atoms with Crippen molar-refractivity contribution in [3.05, 3.63) is 28.2 Å². The van der Waals surface area contributed by atoms with Gasteiger partial charge in [0, 0.05) is 35.8 Å². The van der Waals surface area contributed by atoms with Crippen molar-refractivity contribution in [3.8, 4) is 0 Å². The van der Waals surface area contributed by atoms with Crippen molar-refractivity contribution in [1.29, 1.82) is 0 Å². The smallest absolute Gasteiger partial charge is 0.239 e. The van der Waals surface area contributed by atoms with Crippen LogP contribution in [0.5, 0.6) is 0 Å². The summed E-state index contributed by atoms with van der Waals surface area (Å²) in [5, 5.41) is 6.37. The van der Waals surface area contributed by atoms with Gasteiger partial charge in [-0.1, -0.05) is 29.8 Å². The van der Waals surface area contributed by atoms with E-state index in [1.165, 1.54) is 5.56 Å². The van der Waals surface area contributed by atoms with Gasteiger partial charge in [0.2, 0.25) is 5.91 Å². The van der Waals surface area contributed by atoms with Gasteiger partial charge in [0.25, 0.3) is 0 Å². The van der Waals surface area contributed by atoms with Gasteiger partial charge in [0.1, 0.15) is 0 Å². The molecule has 0 saturated carbocycles. The fourth-order valence-electron chi connectivity index (χ4n) is 2.33. The van der Waals surface area contributed by atoms with Crippen LogP contribution in [-0.2, 0) is 11.3 Å². The Kier molecular flexibility index (Phi) is 5.43. The van der Waals surface area contributed by atoms with Crippen molar-refractivity contribution in [2.24, 2.45) is 0 Å². The number of hydrogen-bond donors (Lipinski definition) is 2. The Hall–Kier alpha value is -1.07. The monoisotopic (exact) mass is 339 g/mol. The molecule has 1 fully saturated rings. The summed E-state index contributed by atoms with van der Waals surface area (Å²) in [4.78, 5) is 13.9. The van der Waals surface area contributed by atoms with E-state index >= 15 is 0 Å². The number of halogens is 1. The molecule has 2 rings (SSSR count). The van der Waals surface area contributed by atoms with Crippen LogP contribution in [0.25, 0.3) is 0 Å². The summed E-state index contributed by atoms with van der Waals surface area (Å²) < 4.78 is 1.07. The lowest BCUT2D eigenvalue weighted by atomic mass is 10.1. The van der Waals surface area contributed by atoms with Crippen molar-refractivity contribution in [2.75, 3.05) is 24.5 Å². The van der Waals surface area contributed by atoms with Crippen LogP contribution < -0.4 is 15.5 Å². The van der Waals surface area contributed by atoms with E-state index in [0.29, 0.717) is 12.6 Å². The van der Waals surface area contributed by atoms with Gasteiger partial charge in [-0.25, -0.2) is 0 Å². The number of anilines is 1. The molecule has 0 atom stereocenters. The van der Waals surface area contributed by atoms with E-state index in [1.54, 1.807) is 0 Å². The third-order valence-corrected chi connectivity index (χ3v) is 3.84. The van der Waals surface area contributed by atoms with Gasteiger partial charge < -0.3 is 15.5 Å². The van der Waals surface area contributed by atoms with Crippen molar-refractivity contribution in [2.45, 2.75) is 32.9 Å². The molecule has 0 spiro atoms. The standard InChI is InChI=1S/C15H22BrN3O/c1-11(2)18-9-12-8-13(16)4-5-14(12)19-7-3-6-17-15(20)10-19/h4-5,8,11,18H,3,6-7,9-10H2,1-2H3,(H,17,20). The van der Waals surface area contributed by atoms with Crippen molar-refractivity contribution < 1.29 is 4.79 Å². The first kappa shape index (κ1) is 15.3. The first-order valence-corrected chi connectivity index (χ1v) is 7.89. The molecule has 1 saturated heterocycles. The molecule has 1 heterocycles. The molecule has 1 aliphatic heterocycles. The van der Waals surface area contributed by atoms with Gasteiger partial charge in [0.15, 0.2) is 0 Å². The maximum Gasteiger partial charge on any atom is 0.239 e. The first-order valence-electron chi connectivity index (χ1n) is 7.09. The molecule has 110 valence electrons. The third kappa shape index (κ3) is 4.21. The van der Waals surface area contributed by atoms with Gasteiger partial charge in [-0.3, -0.25) is 4.79 Å². The second-order valence-corrected chi connectivity index (χ2v) is 6.35. The number of benzene rings is 1. The van der Waals surface area contributed by atoms with Crippen LogP contribution in [-0.4, -0.2) is 31.6 Å². The maximum atomic E-state index is 11.7. The second kappa shape index (κ2) is 7.09. The SMILES string of the molecule is CC(C)NCc1cc(Br)ccc1N1CCCNC(=O)C1. The zero-order valence-corrected chi connectivity index (χ0v) is 13.7. The largest absolute Gasteiger partial charge is 0.362 e. The number of rotatable bonds is 4. The topological polar surface area (TPSA) is 44.4 Å². The third-order valence-electron chi connectivity index (χ3n) is 3.34. The summed E-state index contributed by atoms with van der Waals surface area (Å²) in [6, 6.07) is 6.71. The summed E-state index contributed by atoms with van der Waals surface area (Å²) in [6.07, 6.45) is 0.985. The molecule has 2 N–H and O–H groups in total. The fourth-order valence-corrected chi connectivity index (χ4v) is 2.74. The molecule has 0 radical (unpaired) electrons. The molecule has 1 amide bonds. The lowest BCUT2D eigenvalue weighted by Gasteiger charge is -2.25. The van der Waals surface area contributed by atoms with E-state index < -0.39 is 0 Å². The van der Waals surface area contributed by atoms with Crippen molar-refractivity contribution in [1.82, 2.24) is 10.6 Å². The summed E-state index contributed by atoms with van der Waals surface area (Å²) in [5.41, 5.74) is 2.38. The van der Waals surface area contributed by atoms with E-state index in [9.17, 15) is 4.79 Å². The summed E-state index contributed by atoms with van der Waals surface area (Å²) >= 11 is 3.53. The van der Waals surface area contributed by atoms with Gasteiger partial charge in [-0.2, -0.15) is 0 Å². The first-order chi connectivity index (χ1) is 9.56. The molecule has 1 aromatic rings. The van der Waals surface area contributed by atoms with Gasteiger partial charge in [-0.15, -0.1) is 0 Å². The minimum Gasteiger partial charge on any atom is -0.362 e. The summed E-state index contributed by atoms with van der Waals surface area (Å²) in [6.45, 7) is 7.20. The molecule has 0 unspecified atom stereocenters. The average molecular weight is 340 g/mol. The molecule has 0 aromatic heterocycles. The number of carbonyl (C=O) groups is 1. The van der Waals surface area contributed by atoms with Crippen LogP contribution in [0.3, 0.4) is 0 Å². The minimum absolute atomic E-state index is 0.105. The van der Waals surface area contributed by atoms with Crippen molar-refractivity contribution in [3.63, 3.8) is 0 Å². The van der Waals surface area contributed by atoms with Crippen LogP contribution in [0.15, 0.2) is 22.7 Å². The summed E-state index contributed by atoms with van der Waals surface area (Å²) in [7, 11) is 0. The molecule has 5 heteroatoms. The van der Waals surface area contributed by atoms with Crippen LogP contribution in [0.2, 0.25) is 0 Å². The zero-order valence-electron chi connectivity index (χ0n) is 12.1. The van der Waals surface area contributed by atoms with Gasteiger partial charge in [0.05, 0.1) is 6.54 Å². The Bertz CT molecular complexity index is 476.